The van der Waals surface area contributed by atoms with E-state index in [0.717, 1.165) is 150 Å². The average molecular weight is 1450 g/mol. The molecule has 574 valence electrons. The van der Waals surface area contributed by atoms with Crippen molar-refractivity contribution in [3.05, 3.63) is 157 Å². The smallest absolute Gasteiger partial charge is 0.254 e. The summed E-state index contributed by atoms with van der Waals surface area (Å²) in [6.45, 7) is 17.9. The second-order valence-electron chi connectivity index (χ2n) is 29.7. The van der Waals surface area contributed by atoms with Crippen LogP contribution in [0.4, 0.5) is 0 Å². The Kier molecular flexibility index (Phi) is 35.6. The Hall–Kier alpha value is -8.93. The summed E-state index contributed by atoms with van der Waals surface area (Å²) < 4.78 is 6.94. The van der Waals surface area contributed by atoms with Gasteiger partial charge in [-0.1, -0.05) is 304 Å². The Morgan fingerprint density at radius 3 is 0.748 bits per heavy atom. The predicted octanol–water partition coefficient (Wildman–Crippen LogP) is 22.2. The summed E-state index contributed by atoms with van der Waals surface area (Å²) in [5.74, 6) is 0.103. The van der Waals surface area contributed by atoms with E-state index in [4.69, 9.17) is 20.6 Å². The first kappa shape index (κ1) is 82.1. The van der Waals surface area contributed by atoms with Gasteiger partial charge < -0.3 is 14.7 Å². The molecule has 9 aromatic rings. The van der Waals surface area contributed by atoms with Crippen LogP contribution >= 0.6 is 0 Å². The van der Waals surface area contributed by atoms with Crippen molar-refractivity contribution in [1.29, 1.82) is 0 Å². The van der Waals surface area contributed by atoms with Crippen LogP contribution in [0.25, 0.3) is 67.8 Å². The van der Waals surface area contributed by atoms with E-state index < -0.39 is 0 Å². The van der Waals surface area contributed by atoms with Gasteiger partial charge in [0.2, 0.25) is 0 Å². The van der Waals surface area contributed by atoms with Crippen molar-refractivity contribution in [2.75, 3.05) is 39.3 Å². The Morgan fingerprint density at radius 2 is 0.477 bits per heavy atom. The molecule has 4 heterocycles. The normalized spacial score (nSPS) is 11.5. The van der Waals surface area contributed by atoms with Gasteiger partial charge in [0.15, 0.2) is 0 Å². The van der Waals surface area contributed by atoms with Crippen LogP contribution in [0.2, 0.25) is 0 Å². The van der Waals surface area contributed by atoms with Gasteiger partial charge in [0.25, 0.3) is 17.7 Å². The van der Waals surface area contributed by atoms with Crippen molar-refractivity contribution < 1.29 is 14.4 Å². The fourth-order valence-electron chi connectivity index (χ4n) is 14.3. The standard InChI is InChI=1S/C89H125N15O3/c1-7-13-19-25-31-37-55-98(56-38-32-26-20-14-8-2)87(105)76-51-45-53-79(63-76)101-68-83(90-94-101)72-47-43-49-74(61-72)85-70-103(96-92-85)81-65-78(89(107)100(59-41-35-29-23-17-11-5)60-42-36-30-24-18-12-6)66-82(67-81)104-71-86(93-97-104)75-50-44-48-73(62-75)84-69-102(95-91-84)80-54-46-52-77(64-80)88(106)99(57-39-33-27-21-15-9-3)58-40-34-28-22-16-10-4/h43-54,61-71H,7-42,55-60H2,1-6H3. The molecule has 0 unspecified atom stereocenters. The Bertz CT molecular complexity index is 3770. The van der Waals surface area contributed by atoms with Crippen LogP contribution < -0.4 is 0 Å². The SMILES string of the molecule is CCCCCCCCN(CCCCCCCC)C(=O)c1cccc(-n2cc(-c3cccc(-c4cn(-c5cc(C(=O)N(CCCCCCCC)CCCCCCCC)cc(-n6cc(-c7cccc(-c8cn(-c9cccc(C(=O)N(CCCCCCCC)CCCCCCCC)c9)nn8)c7)nn6)c5)nn4)c3)nn2)c1. The molecule has 18 nitrogen and oxygen atoms in total. The zero-order valence-electron chi connectivity index (χ0n) is 65.9. The van der Waals surface area contributed by atoms with Crippen molar-refractivity contribution in [2.45, 2.75) is 273 Å². The molecule has 18 heteroatoms. The summed E-state index contributed by atoms with van der Waals surface area (Å²) in [6, 6.07) is 37.4. The minimum absolute atomic E-state index is 0.0306. The molecule has 0 saturated heterocycles. The largest absolute Gasteiger partial charge is 0.339 e. The van der Waals surface area contributed by atoms with Gasteiger partial charge in [-0.3, -0.25) is 14.4 Å². The summed E-state index contributed by atoms with van der Waals surface area (Å²) in [6.07, 6.45) is 49.6. The quantitative estimate of drug-likeness (QED) is 0.0331. The van der Waals surface area contributed by atoms with Gasteiger partial charge in [-0.2, -0.15) is 0 Å². The van der Waals surface area contributed by atoms with Crippen molar-refractivity contribution in [3.63, 3.8) is 0 Å². The molecule has 0 atom stereocenters. The summed E-state index contributed by atoms with van der Waals surface area (Å²) in [5, 5.41) is 37.4. The van der Waals surface area contributed by atoms with Crippen LogP contribution in [0.3, 0.4) is 0 Å². The number of carbonyl (C=O) groups is 3. The van der Waals surface area contributed by atoms with Crippen LogP contribution in [0.15, 0.2) is 140 Å². The monoisotopic (exact) mass is 1450 g/mol. The molecule has 0 bridgehead atoms. The number of aromatic nitrogens is 12. The van der Waals surface area contributed by atoms with Crippen LogP contribution in [0.5, 0.6) is 0 Å². The third-order valence-electron chi connectivity index (χ3n) is 20.8. The third-order valence-corrected chi connectivity index (χ3v) is 20.8. The Balaban J connectivity index is 0.952. The molecule has 107 heavy (non-hydrogen) atoms. The minimum Gasteiger partial charge on any atom is -0.339 e. The number of amides is 3. The predicted molar refractivity (Wildman–Crippen MR) is 436 cm³/mol. The van der Waals surface area contributed by atoms with E-state index in [-0.39, 0.29) is 17.7 Å². The third kappa shape index (κ3) is 26.2. The topological polar surface area (TPSA) is 184 Å². The first-order chi connectivity index (χ1) is 52.6. The van der Waals surface area contributed by atoms with Crippen molar-refractivity contribution in [1.82, 2.24) is 74.7 Å². The molecule has 0 N–H and O–H groups in total. The molecule has 3 amide bonds. The summed E-state index contributed by atoms with van der Waals surface area (Å²) in [7, 11) is 0. The number of unbranched alkanes of at least 4 members (excludes halogenated alkanes) is 30. The number of benzene rings is 5. The van der Waals surface area contributed by atoms with Gasteiger partial charge in [0, 0.05) is 78.2 Å². The molecule has 0 saturated carbocycles. The molecule has 4 aromatic heterocycles. The maximum absolute atomic E-state index is 15.2. The lowest BCUT2D eigenvalue weighted by atomic mass is 10.1. The van der Waals surface area contributed by atoms with Crippen molar-refractivity contribution in [2.24, 2.45) is 0 Å². The van der Waals surface area contributed by atoms with Crippen molar-refractivity contribution >= 4 is 17.7 Å². The van der Waals surface area contributed by atoms with Gasteiger partial charge >= 0.3 is 0 Å². The van der Waals surface area contributed by atoms with Gasteiger partial charge in [-0.05, 0) is 105 Å². The summed E-state index contributed by atoms with van der Waals surface area (Å²) in [5.41, 5.74) is 10.6. The molecular formula is C89H125N15O3. The lowest BCUT2D eigenvalue weighted by Gasteiger charge is -2.24. The van der Waals surface area contributed by atoms with E-state index in [1.165, 1.54) is 141 Å². The zero-order chi connectivity index (χ0) is 75.1. The Morgan fingerprint density at radius 1 is 0.252 bits per heavy atom. The van der Waals surface area contributed by atoms with E-state index in [9.17, 15) is 9.59 Å². The molecule has 5 aromatic carbocycles. The van der Waals surface area contributed by atoms with E-state index in [2.05, 4.69) is 76.9 Å². The molecule has 9 rings (SSSR count). The minimum atomic E-state index is -0.0306. The first-order valence-electron chi connectivity index (χ1n) is 41.8. The van der Waals surface area contributed by atoms with Crippen LogP contribution in [-0.2, 0) is 0 Å². The maximum atomic E-state index is 15.2. The zero-order valence-corrected chi connectivity index (χ0v) is 65.9. The highest BCUT2D eigenvalue weighted by Gasteiger charge is 2.23. The fourth-order valence-corrected chi connectivity index (χ4v) is 14.3. The molecule has 0 spiro atoms. The average Bonchev–Trinajstić information content (AvgIpc) is 1.73. The highest BCUT2D eigenvalue weighted by molar-refractivity contribution is 5.96. The highest BCUT2D eigenvalue weighted by atomic mass is 16.2. The number of carbonyl (C=O) groups excluding carboxylic acids is 3. The van der Waals surface area contributed by atoms with Crippen LogP contribution in [-0.4, -0.2) is 132 Å². The number of hydrogen-bond donors (Lipinski definition) is 0. The van der Waals surface area contributed by atoms with E-state index in [1.54, 1.807) is 18.7 Å². The fraction of sp³-hybridized carbons (Fsp3) is 0.539. The summed E-state index contributed by atoms with van der Waals surface area (Å²) in [4.78, 5) is 50.0. The van der Waals surface area contributed by atoms with Gasteiger partial charge in [0.05, 0.1) is 47.5 Å². The van der Waals surface area contributed by atoms with Gasteiger partial charge in [-0.15, -0.1) is 20.4 Å². The van der Waals surface area contributed by atoms with Crippen LogP contribution in [0, 0.1) is 0 Å². The number of rotatable bonds is 53. The van der Waals surface area contributed by atoms with Crippen LogP contribution in [0.1, 0.15) is 304 Å². The second-order valence-corrected chi connectivity index (χ2v) is 29.7. The second kappa shape index (κ2) is 46.3. The van der Waals surface area contributed by atoms with E-state index >= 15 is 4.79 Å². The summed E-state index contributed by atoms with van der Waals surface area (Å²) >= 11 is 0. The number of nitrogens with zero attached hydrogens (tertiary/aromatic N) is 15. The lowest BCUT2D eigenvalue weighted by Crippen LogP contribution is -2.33. The lowest BCUT2D eigenvalue weighted by molar-refractivity contribution is 0.0741. The molecule has 0 aliphatic heterocycles. The molecule has 0 aliphatic carbocycles. The molecular weight excluding hydrogens is 1330 g/mol. The van der Waals surface area contributed by atoms with Gasteiger partial charge in [0.1, 0.15) is 22.8 Å². The number of hydrogen-bond acceptors (Lipinski definition) is 11. The maximum Gasteiger partial charge on any atom is 0.254 e. The van der Waals surface area contributed by atoms with E-state index in [0.29, 0.717) is 63.9 Å². The molecule has 0 radical (unpaired) electrons. The molecule has 0 fully saturated rings. The highest BCUT2D eigenvalue weighted by Crippen LogP contribution is 2.30. The Labute approximate surface area is 639 Å². The first-order valence-corrected chi connectivity index (χ1v) is 41.8. The van der Waals surface area contributed by atoms with Gasteiger partial charge in [-0.25, -0.2) is 18.7 Å². The molecule has 0 aliphatic rings. The van der Waals surface area contributed by atoms with Crippen molar-refractivity contribution in [3.8, 4) is 67.8 Å². The van der Waals surface area contributed by atoms with E-state index in [1.807, 2.05) is 140 Å².